The van der Waals surface area contributed by atoms with Crippen LogP contribution >= 0.6 is 23.2 Å². The summed E-state index contributed by atoms with van der Waals surface area (Å²) in [6, 6.07) is 0. The molecule has 3 heteroatoms. The summed E-state index contributed by atoms with van der Waals surface area (Å²) in [5.74, 6) is 0.398. The topological polar surface area (TPSA) is 9.23 Å². The van der Waals surface area contributed by atoms with E-state index in [1.807, 2.05) is 27.7 Å². The second-order valence-corrected chi connectivity index (χ2v) is 5.47. The molecule has 0 fully saturated rings. The zero-order valence-corrected chi connectivity index (χ0v) is 11.0. The van der Waals surface area contributed by atoms with Crippen LogP contribution in [0, 0.1) is 0 Å². The molecular weight excluding hydrogens is 219 g/mol. The Hall–Kier alpha value is 0.280. The van der Waals surface area contributed by atoms with Crippen molar-refractivity contribution in [3.05, 3.63) is 12.2 Å². The van der Waals surface area contributed by atoms with Gasteiger partial charge in [-0.25, -0.2) is 0 Å². The van der Waals surface area contributed by atoms with Crippen molar-refractivity contribution in [1.29, 1.82) is 0 Å². The predicted octanol–water partition coefficient (Wildman–Crippen LogP) is 3.98. The van der Waals surface area contributed by atoms with Gasteiger partial charge in [0.2, 0.25) is 0 Å². The minimum atomic E-state index is -0.195. The highest BCUT2D eigenvalue weighted by Gasteiger charge is 2.24. The highest BCUT2D eigenvalue weighted by Crippen LogP contribution is 2.22. The van der Waals surface area contributed by atoms with Crippen molar-refractivity contribution in [1.82, 2.24) is 0 Å². The lowest BCUT2D eigenvalue weighted by atomic mass is 10.1. The van der Waals surface area contributed by atoms with Crippen LogP contribution < -0.4 is 0 Å². The zero-order chi connectivity index (χ0) is 11.4. The fraction of sp³-hybridized carbons (Fsp3) is 0.818. The number of hydrogen-bond donors (Lipinski definition) is 0. The van der Waals surface area contributed by atoms with Crippen molar-refractivity contribution in [3.63, 3.8) is 0 Å². The molecule has 0 heterocycles. The Balaban J connectivity index is 4.32. The molecule has 0 N–H and O–H groups in total. The Morgan fingerprint density at radius 3 is 2.21 bits per heavy atom. The number of alkyl halides is 2. The number of rotatable bonds is 5. The van der Waals surface area contributed by atoms with Crippen molar-refractivity contribution >= 4 is 23.2 Å². The molecule has 84 valence electrons. The molecule has 14 heavy (non-hydrogen) atoms. The normalized spacial score (nSPS) is 16.4. The van der Waals surface area contributed by atoms with Crippen LogP contribution in [0.4, 0.5) is 0 Å². The van der Waals surface area contributed by atoms with Gasteiger partial charge in [-0.1, -0.05) is 5.57 Å². The molecule has 0 saturated carbocycles. The van der Waals surface area contributed by atoms with Crippen LogP contribution in [-0.4, -0.2) is 23.0 Å². The Morgan fingerprint density at radius 1 is 1.43 bits per heavy atom. The molecule has 1 nitrogen and oxygen atoms in total. The highest BCUT2D eigenvalue weighted by molar-refractivity contribution is 6.28. The summed E-state index contributed by atoms with van der Waals surface area (Å²) in [7, 11) is 0. The lowest BCUT2D eigenvalue weighted by Crippen LogP contribution is -2.34. The van der Waals surface area contributed by atoms with Crippen LogP contribution in [0.25, 0.3) is 0 Å². The molecule has 0 radical (unpaired) electrons. The van der Waals surface area contributed by atoms with Crippen LogP contribution in [0.15, 0.2) is 12.2 Å². The van der Waals surface area contributed by atoms with Crippen molar-refractivity contribution in [3.8, 4) is 0 Å². The summed E-state index contributed by atoms with van der Waals surface area (Å²) in [4.78, 5) is 0. The maximum absolute atomic E-state index is 6.08. The molecule has 0 bridgehead atoms. The minimum Gasteiger partial charge on any atom is -0.371 e. The van der Waals surface area contributed by atoms with Gasteiger partial charge in [-0.05, 0) is 34.1 Å². The van der Waals surface area contributed by atoms with E-state index in [1.165, 1.54) is 0 Å². The Kier molecular flexibility index (Phi) is 6.11. The fourth-order valence-electron chi connectivity index (χ4n) is 1.14. The van der Waals surface area contributed by atoms with E-state index < -0.39 is 0 Å². The average molecular weight is 239 g/mol. The lowest BCUT2D eigenvalue weighted by Gasteiger charge is -2.30. The van der Waals surface area contributed by atoms with Crippen molar-refractivity contribution < 1.29 is 4.74 Å². The number of hydrogen-bond acceptors (Lipinski definition) is 1. The smallest absolute Gasteiger partial charge is 0.0794 e. The zero-order valence-electron chi connectivity index (χ0n) is 9.44. The molecular formula is C11H20Cl2O. The van der Waals surface area contributed by atoms with Gasteiger partial charge in [0.1, 0.15) is 0 Å². The highest BCUT2D eigenvalue weighted by atomic mass is 35.5. The summed E-state index contributed by atoms with van der Waals surface area (Å²) >= 11 is 11.8. The summed E-state index contributed by atoms with van der Waals surface area (Å²) in [5.41, 5.74) is 0.870. The molecule has 1 unspecified atom stereocenters. The van der Waals surface area contributed by atoms with E-state index in [2.05, 4.69) is 6.58 Å². The Morgan fingerprint density at radius 2 is 1.93 bits per heavy atom. The third kappa shape index (κ3) is 6.69. The van der Waals surface area contributed by atoms with Crippen molar-refractivity contribution in [2.75, 3.05) is 5.88 Å². The molecule has 0 rings (SSSR count). The van der Waals surface area contributed by atoms with E-state index in [9.17, 15) is 0 Å². The van der Waals surface area contributed by atoms with Gasteiger partial charge in [0, 0.05) is 5.88 Å². The molecule has 0 spiro atoms. The van der Waals surface area contributed by atoms with Crippen LogP contribution in [0.5, 0.6) is 0 Å². The predicted molar refractivity (Wildman–Crippen MR) is 64.4 cm³/mol. The molecule has 0 aliphatic carbocycles. The van der Waals surface area contributed by atoms with Crippen LogP contribution in [0.3, 0.4) is 0 Å². The third-order valence-electron chi connectivity index (χ3n) is 1.61. The SMILES string of the molecule is C=C(C)CC(OC(C)(C)C)[C@H](Cl)CCl. The first kappa shape index (κ1) is 14.3. The molecule has 0 aliphatic heterocycles. The average Bonchev–Trinajstić information content (AvgIpc) is 1.98. The van der Waals surface area contributed by atoms with E-state index in [0.717, 1.165) is 12.0 Å². The van der Waals surface area contributed by atoms with Gasteiger partial charge < -0.3 is 4.74 Å². The van der Waals surface area contributed by atoms with Gasteiger partial charge in [0.05, 0.1) is 17.1 Å². The van der Waals surface area contributed by atoms with Crippen LogP contribution in [0.1, 0.15) is 34.1 Å². The largest absolute Gasteiger partial charge is 0.371 e. The van der Waals surface area contributed by atoms with Crippen molar-refractivity contribution in [2.45, 2.75) is 51.2 Å². The molecule has 0 saturated heterocycles. The Labute approximate surface area is 97.4 Å². The molecule has 2 atom stereocenters. The van der Waals surface area contributed by atoms with Gasteiger partial charge in [-0.15, -0.1) is 29.8 Å². The van der Waals surface area contributed by atoms with Crippen LogP contribution in [0.2, 0.25) is 0 Å². The second-order valence-electron chi connectivity index (χ2n) is 4.60. The lowest BCUT2D eigenvalue weighted by molar-refractivity contribution is -0.0582. The van der Waals surface area contributed by atoms with Crippen LogP contribution in [-0.2, 0) is 4.74 Å². The van der Waals surface area contributed by atoms with Gasteiger partial charge in [0.15, 0.2) is 0 Å². The van der Waals surface area contributed by atoms with Gasteiger partial charge in [-0.3, -0.25) is 0 Å². The van der Waals surface area contributed by atoms with E-state index >= 15 is 0 Å². The molecule has 0 aromatic heterocycles. The van der Waals surface area contributed by atoms with E-state index in [1.54, 1.807) is 0 Å². The van der Waals surface area contributed by atoms with Gasteiger partial charge in [-0.2, -0.15) is 0 Å². The molecule has 0 aliphatic rings. The number of ether oxygens (including phenoxy) is 1. The molecule has 0 aromatic carbocycles. The maximum Gasteiger partial charge on any atom is 0.0794 e. The molecule has 0 aromatic rings. The number of halogens is 2. The first-order chi connectivity index (χ1) is 6.26. The summed E-state index contributed by atoms with van der Waals surface area (Å²) in [6.07, 6.45) is 0.713. The van der Waals surface area contributed by atoms with Gasteiger partial charge >= 0.3 is 0 Å². The van der Waals surface area contributed by atoms with Gasteiger partial charge in [0.25, 0.3) is 0 Å². The second kappa shape index (κ2) is 5.99. The maximum atomic E-state index is 6.08. The summed E-state index contributed by atoms with van der Waals surface area (Å²) in [6.45, 7) is 11.9. The standard InChI is InChI=1S/C11H20Cl2O/c1-8(2)6-10(9(13)7-12)14-11(3,4)5/h9-10H,1,6-7H2,2-5H3/t9-,10?/m1/s1. The fourth-order valence-corrected chi connectivity index (χ4v) is 1.48. The quantitative estimate of drug-likeness (QED) is 0.520. The third-order valence-corrected chi connectivity index (χ3v) is 2.53. The molecule has 0 amide bonds. The summed E-state index contributed by atoms with van der Waals surface area (Å²) in [5, 5.41) is -0.160. The van der Waals surface area contributed by atoms with E-state index in [4.69, 9.17) is 27.9 Å². The van der Waals surface area contributed by atoms with E-state index in [0.29, 0.717) is 5.88 Å². The summed E-state index contributed by atoms with van der Waals surface area (Å²) < 4.78 is 5.82. The first-order valence-corrected chi connectivity index (χ1v) is 5.75. The first-order valence-electron chi connectivity index (χ1n) is 4.78. The van der Waals surface area contributed by atoms with E-state index in [-0.39, 0.29) is 17.1 Å². The monoisotopic (exact) mass is 238 g/mol. The van der Waals surface area contributed by atoms with Crippen molar-refractivity contribution in [2.24, 2.45) is 0 Å². The Bertz CT molecular complexity index is 184. The minimum absolute atomic E-state index is 0.0494.